The molecule has 230 valence electrons. The topological polar surface area (TPSA) is 169 Å². The molecule has 3 aromatic carbocycles. The van der Waals surface area contributed by atoms with Crippen LogP contribution in [0.25, 0.3) is 16.6 Å². The maximum atomic E-state index is 15.0. The fraction of sp³-hybridized carbons (Fsp3) is 0.0323. The van der Waals surface area contributed by atoms with E-state index in [0.29, 0.717) is 11.3 Å². The van der Waals surface area contributed by atoms with Gasteiger partial charge >= 0.3 is 0 Å². The number of hydrogen-bond donors (Lipinski definition) is 3. The van der Waals surface area contributed by atoms with E-state index in [1.807, 2.05) is 6.07 Å². The first-order valence-electron chi connectivity index (χ1n) is 13.3. The number of nitriles is 1. The highest BCUT2D eigenvalue weighted by atomic mass is 32.2. The first kappa shape index (κ1) is 29.9. The SMILES string of the molecule is Cc1cc(Oc2c(F)cccc2F)ncc1-n1ncc(C(=O)c2cc3cc(F)c(NS(=O)(=O)c4cccc(C#N)c4)cc3[nH]2)c1N. The normalized spacial score (nSPS) is 11.4. The summed E-state index contributed by atoms with van der Waals surface area (Å²) in [5, 5.41) is 13.5. The zero-order valence-corrected chi connectivity index (χ0v) is 24.4. The third-order valence-electron chi connectivity index (χ3n) is 6.93. The summed E-state index contributed by atoms with van der Waals surface area (Å²) in [4.78, 5) is 20.1. The number of nitrogens with one attached hydrogen (secondary N) is 2. The van der Waals surface area contributed by atoms with Gasteiger partial charge in [-0.1, -0.05) is 12.1 Å². The third-order valence-corrected chi connectivity index (χ3v) is 8.30. The highest BCUT2D eigenvalue weighted by Gasteiger charge is 2.23. The van der Waals surface area contributed by atoms with Crippen LogP contribution in [0.15, 0.2) is 84.0 Å². The Morgan fingerprint density at radius 1 is 1.02 bits per heavy atom. The van der Waals surface area contributed by atoms with Crippen LogP contribution in [0.5, 0.6) is 11.6 Å². The summed E-state index contributed by atoms with van der Waals surface area (Å²) in [6.07, 6.45) is 2.54. The molecule has 0 aliphatic heterocycles. The lowest BCUT2D eigenvalue weighted by Crippen LogP contribution is -2.14. The van der Waals surface area contributed by atoms with Gasteiger partial charge in [0.25, 0.3) is 10.0 Å². The first-order chi connectivity index (χ1) is 21.9. The average molecular weight is 644 g/mol. The average Bonchev–Trinajstić information content (AvgIpc) is 3.61. The molecule has 0 aliphatic carbocycles. The van der Waals surface area contributed by atoms with Crippen LogP contribution >= 0.6 is 0 Å². The quantitative estimate of drug-likeness (QED) is 0.176. The van der Waals surface area contributed by atoms with E-state index in [1.165, 1.54) is 59.5 Å². The van der Waals surface area contributed by atoms with Gasteiger partial charge in [-0.3, -0.25) is 9.52 Å². The minimum absolute atomic E-state index is 0.00140. The van der Waals surface area contributed by atoms with Gasteiger partial charge in [-0.25, -0.2) is 31.3 Å². The van der Waals surface area contributed by atoms with E-state index >= 15 is 0 Å². The van der Waals surface area contributed by atoms with Gasteiger partial charge in [0, 0.05) is 17.0 Å². The molecule has 6 aromatic rings. The number of nitrogen functional groups attached to an aromatic ring is 1. The number of nitrogens with zero attached hydrogens (tertiary/aromatic N) is 4. The van der Waals surface area contributed by atoms with Crippen LogP contribution in [0, 0.1) is 35.7 Å². The van der Waals surface area contributed by atoms with Crippen molar-refractivity contribution in [2.24, 2.45) is 0 Å². The molecule has 46 heavy (non-hydrogen) atoms. The number of benzene rings is 3. The molecule has 4 N–H and O–H groups in total. The molecule has 0 atom stereocenters. The predicted octanol–water partition coefficient (Wildman–Crippen LogP) is 5.75. The third kappa shape index (κ3) is 5.48. The summed E-state index contributed by atoms with van der Waals surface area (Å²) in [6, 6.07) is 15.4. The number of pyridine rings is 1. The van der Waals surface area contributed by atoms with Crippen molar-refractivity contribution in [2.75, 3.05) is 10.5 Å². The number of sulfonamides is 1. The highest BCUT2D eigenvalue weighted by molar-refractivity contribution is 7.92. The lowest BCUT2D eigenvalue weighted by Gasteiger charge is -2.11. The number of rotatable bonds is 8. The summed E-state index contributed by atoms with van der Waals surface area (Å²) in [7, 11) is -4.24. The summed E-state index contributed by atoms with van der Waals surface area (Å²) in [5.41, 5.74) is 7.15. The fourth-order valence-corrected chi connectivity index (χ4v) is 5.75. The molecule has 11 nitrogen and oxygen atoms in total. The van der Waals surface area contributed by atoms with Gasteiger partial charge < -0.3 is 15.5 Å². The van der Waals surface area contributed by atoms with Gasteiger partial charge in [-0.05, 0) is 61.0 Å². The van der Waals surface area contributed by atoms with Gasteiger partial charge in [0.05, 0.1) is 51.6 Å². The highest BCUT2D eigenvalue weighted by Crippen LogP contribution is 2.30. The second kappa shape index (κ2) is 11.4. The van der Waals surface area contributed by atoms with Crippen molar-refractivity contribution < 1.29 is 31.1 Å². The molecular formula is C31H20F3N7O4S. The smallest absolute Gasteiger partial charge is 0.262 e. The number of fused-ring (bicyclic) bond motifs is 1. The Bertz CT molecular complexity index is 2330. The number of ketones is 1. The second-order valence-corrected chi connectivity index (χ2v) is 11.7. The summed E-state index contributed by atoms with van der Waals surface area (Å²) >= 11 is 0. The van der Waals surface area contributed by atoms with E-state index in [4.69, 9.17) is 15.7 Å². The van der Waals surface area contributed by atoms with Crippen molar-refractivity contribution in [1.29, 1.82) is 5.26 Å². The lowest BCUT2D eigenvalue weighted by atomic mass is 10.1. The largest absolute Gasteiger partial charge is 0.433 e. The van der Waals surface area contributed by atoms with Crippen LogP contribution in [0.3, 0.4) is 0 Å². The summed E-state index contributed by atoms with van der Waals surface area (Å²) < 4.78 is 77.4. The molecule has 0 fully saturated rings. The van der Waals surface area contributed by atoms with Crippen molar-refractivity contribution in [3.63, 3.8) is 0 Å². The van der Waals surface area contributed by atoms with Gasteiger partial charge in [-0.15, -0.1) is 0 Å². The van der Waals surface area contributed by atoms with E-state index in [2.05, 4.69) is 19.8 Å². The minimum Gasteiger partial charge on any atom is -0.433 e. The number of aromatic nitrogens is 4. The zero-order valence-electron chi connectivity index (χ0n) is 23.5. The Morgan fingerprint density at radius 3 is 2.48 bits per heavy atom. The van der Waals surface area contributed by atoms with Crippen molar-refractivity contribution >= 4 is 38.2 Å². The molecule has 0 radical (unpaired) electrons. The number of H-pyrrole nitrogens is 1. The number of carbonyl (C=O) groups is 1. The molecule has 0 unspecified atom stereocenters. The number of aryl methyl sites for hydroxylation is 1. The number of hydrogen-bond acceptors (Lipinski definition) is 8. The number of halogens is 3. The Hall–Kier alpha value is -6.14. The van der Waals surface area contributed by atoms with Gasteiger partial charge in [0.2, 0.25) is 17.4 Å². The molecule has 0 amide bonds. The first-order valence-corrected chi connectivity index (χ1v) is 14.8. The van der Waals surface area contributed by atoms with E-state index in [0.717, 1.165) is 24.3 Å². The molecule has 15 heteroatoms. The molecule has 3 aromatic heterocycles. The van der Waals surface area contributed by atoms with E-state index in [9.17, 15) is 26.4 Å². The van der Waals surface area contributed by atoms with Crippen molar-refractivity contribution in [2.45, 2.75) is 11.8 Å². The number of anilines is 2. The van der Waals surface area contributed by atoms with Crippen molar-refractivity contribution in [3.05, 3.63) is 119 Å². The number of nitrogens with two attached hydrogens (primary N) is 1. The van der Waals surface area contributed by atoms with Gasteiger partial charge in [-0.2, -0.15) is 10.4 Å². The number of carbonyl (C=O) groups excluding carboxylic acids is 1. The van der Waals surface area contributed by atoms with E-state index < -0.39 is 39.0 Å². The summed E-state index contributed by atoms with van der Waals surface area (Å²) in [5.74, 6) is -4.04. The van der Waals surface area contributed by atoms with Crippen molar-refractivity contribution in [3.8, 4) is 23.4 Å². The van der Waals surface area contributed by atoms with Crippen LogP contribution in [0.4, 0.5) is 24.7 Å². The standard InChI is InChI=1S/C31H20F3N7O4S/c1-16-8-28(45-30-21(32)6-3-7-22(30)33)37-15-27(16)41-31(36)20(14-38-41)29(42)26-11-18-10-23(34)25(12-24(18)39-26)40-46(43,44)19-5-2-4-17(9-19)13-35/h2-12,14-15,39-40H,36H2,1H3. The van der Waals surface area contributed by atoms with Crippen LogP contribution in [-0.2, 0) is 10.0 Å². The molecule has 3 heterocycles. The maximum absolute atomic E-state index is 15.0. The minimum atomic E-state index is -4.24. The molecule has 0 spiro atoms. The Labute approximate surface area is 258 Å². The Kier molecular flexibility index (Phi) is 7.42. The van der Waals surface area contributed by atoms with Crippen LogP contribution in [-0.4, -0.2) is 33.9 Å². The zero-order chi connectivity index (χ0) is 32.7. The molecule has 6 rings (SSSR count). The molecule has 0 saturated heterocycles. The molecule has 0 saturated carbocycles. The molecule has 0 aliphatic rings. The predicted molar refractivity (Wildman–Crippen MR) is 161 cm³/mol. The Balaban J connectivity index is 1.26. The second-order valence-electron chi connectivity index (χ2n) is 9.99. The van der Waals surface area contributed by atoms with E-state index in [-0.39, 0.29) is 50.0 Å². The van der Waals surface area contributed by atoms with Crippen LogP contribution in [0.1, 0.15) is 27.2 Å². The van der Waals surface area contributed by atoms with Crippen LogP contribution in [0.2, 0.25) is 0 Å². The number of ether oxygens (including phenoxy) is 1. The number of para-hydroxylation sites is 1. The van der Waals surface area contributed by atoms with Crippen molar-refractivity contribution in [1.82, 2.24) is 19.7 Å². The van der Waals surface area contributed by atoms with Gasteiger partial charge in [0.15, 0.2) is 11.6 Å². The van der Waals surface area contributed by atoms with Crippen LogP contribution < -0.4 is 15.2 Å². The van der Waals surface area contributed by atoms with E-state index in [1.54, 1.807) is 6.92 Å². The number of aromatic amines is 1. The monoisotopic (exact) mass is 643 g/mol. The molecule has 0 bridgehead atoms. The lowest BCUT2D eigenvalue weighted by molar-refractivity contribution is 0.103. The fourth-order valence-electron chi connectivity index (χ4n) is 4.65. The summed E-state index contributed by atoms with van der Waals surface area (Å²) in [6.45, 7) is 1.66. The van der Waals surface area contributed by atoms with Gasteiger partial charge in [0.1, 0.15) is 11.6 Å². The maximum Gasteiger partial charge on any atom is 0.262 e. The Morgan fingerprint density at radius 2 is 1.76 bits per heavy atom. The molecular weight excluding hydrogens is 623 g/mol.